The number of halogens is 1. The molecule has 0 spiro atoms. The summed E-state index contributed by atoms with van der Waals surface area (Å²) in [4.78, 5) is 4.69. The summed E-state index contributed by atoms with van der Waals surface area (Å²) in [6, 6.07) is 16.5. The van der Waals surface area contributed by atoms with Crippen LogP contribution in [0, 0.1) is 0 Å². The highest BCUT2D eigenvalue weighted by molar-refractivity contribution is 7.99. The molecule has 2 aromatic rings. The topological polar surface area (TPSA) is 15.3 Å². The van der Waals surface area contributed by atoms with Crippen LogP contribution in [0.3, 0.4) is 0 Å². The Morgan fingerprint density at radius 1 is 1.05 bits per heavy atom. The van der Waals surface area contributed by atoms with Gasteiger partial charge in [-0.15, -0.1) is 0 Å². The molecular formula is C17H21ClN2S. The van der Waals surface area contributed by atoms with Crippen molar-refractivity contribution in [2.45, 2.75) is 16.3 Å². The Bertz CT molecular complexity index is 574. The summed E-state index contributed by atoms with van der Waals surface area (Å²) in [7, 11) is 4.13. The number of nitrogens with zero attached hydrogens (tertiary/aromatic N) is 1. The Kier molecular flexibility index (Phi) is 6.58. The van der Waals surface area contributed by atoms with Crippen molar-refractivity contribution in [3.05, 3.63) is 59.1 Å². The first kappa shape index (κ1) is 16.4. The summed E-state index contributed by atoms with van der Waals surface area (Å²) in [5.74, 6) is 0. The molecule has 21 heavy (non-hydrogen) atoms. The Morgan fingerprint density at radius 2 is 1.71 bits per heavy atom. The summed E-state index contributed by atoms with van der Waals surface area (Å²) in [6.07, 6.45) is 0. The molecule has 0 radical (unpaired) electrons. The van der Waals surface area contributed by atoms with E-state index in [1.165, 1.54) is 10.5 Å². The predicted molar refractivity (Wildman–Crippen MR) is 92.3 cm³/mol. The van der Waals surface area contributed by atoms with Crippen molar-refractivity contribution in [2.24, 2.45) is 0 Å². The minimum absolute atomic E-state index is 0.806. The molecule has 0 atom stereocenters. The lowest BCUT2D eigenvalue weighted by Gasteiger charge is -2.18. The monoisotopic (exact) mass is 320 g/mol. The molecule has 0 fully saturated rings. The van der Waals surface area contributed by atoms with E-state index in [0.717, 1.165) is 29.6 Å². The van der Waals surface area contributed by atoms with Crippen LogP contribution >= 0.6 is 23.4 Å². The van der Waals surface area contributed by atoms with Gasteiger partial charge >= 0.3 is 0 Å². The molecule has 0 aliphatic carbocycles. The third kappa shape index (κ3) is 5.04. The second-order valence-electron chi connectivity index (χ2n) is 4.98. The molecule has 0 aromatic heterocycles. The lowest BCUT2D eigenvalue weighted by Crippen LogP contribution is -2.27. The van der Waals surface area contributed by atoms with E-state index in [4.69, 9.17) is 11.6 Å². The third-order valence-electron chi connectivity index (χ3n) is 3.21. The van der Waals surface area contributed by atoms with E-state index in [2.05, 4.69) is 47.6 Å². The molecule has 0 bridgehead atoms. The van der Waals surface area contributed by atoms with Crippen molar-refractivity contribution < 1.29 is 0 Å². The SMILES string of the molecule is CNCCN(C)Cc1ccccc1Sc1ccccc1Cl. The molecule has 0 unspecified atom stereocenters. The number of rotatable bonds is 7. The van der Waals surface area contributed by atoms with Gasteiger partial charge in [0.25, 0.3) is 0 Å². The first-order chi connectivity index (χ1) is 10.2. The van der Waals surface area contributed by atoms with Crippen molar-refractivity contribution in [3.8, 4) is 0 Å². The molecular weight excluding hydrogens is 300 g/mol. The standard InChI is InChI=1S/C17H21ClN2S/c1-19-11-12-20(2)13-14-7-3-5-9-16(14)21-17-10-6-4-8-15(17)18/h3-10,19H,11-13H2,1-2H3. The zero-order chi connectivity index (χ0) is 15.1. The van der Waals surface area contributed by atoms with Crippen molar-refractivity contribution in [3.63, 3.8) is 0 Å². The van der Waals surface area contributed by atoms with E-state index in [1.54, 1.807) is 11.8 Å². The Balaban J connectivity index is 2.12. The largest absolute Gasteiger partial charge is 0.318 e. The van der Waals surface area contributed by atoms with E-state index in [0.29, 0.717) is 0 Å². The Hall–Kier alpha value is -1.00. The molecule has 0 saturated heterocycles. The quantitative estimate of drug-likeness (QED) is 0.825. The predicted octanol–water partition coefficient (Wildman–Crippen LogP) is 4.14. The van der Waals surface area contributed by atoms with Gasteiger partial charge in [-0.1, -0.05) is 53.7 Å². The van der Waals surface area contributed by atoms with Crippen LogP contribution in [0.1, 0.15) is 5.56 Å². The molecule has 0 heterocycles. The highest BCUT2D eigenvalue weighted by Gasteiger charge is 2.08. The maximum Gasteiger partial charge on any atom is 0.0545 e. The maximum absolute atomic E-state index is 6.26. The second kappa shape index (κ2) is 8.44. The molecule has 112 valence electrons. The van der Waals surface area contributed by atoms with Gasteiger partial charge in [0.2, 0.25) is 0 Å². The average Bonchev–Trinajstić information content (AvgIpc) is 2.49. The summed E-state index contributed by atoms with van der Waals surface area (Å²) in [6.45, 7) is 2.97. The maximum atomic E-state index is 6.26. The van der Waals surface area contributed by atoms with Crippen molar-refractivity contribution >= 4 is 23.4 Å². The van der Waals surface area contributed by atoms with Crippen molar-refractivity contribution in [2.75, 3.05) is 27.2 Å². The lowest BCUT2D eigenvalue weighted by molar-refractivity contribution is 0.326. The zero-order valence-corrected chi connectivity index (χ0v) is 14.0. The van der Waals surface area contributed by atoms with Gasteiger partial charge < -0.3 is 10.2 Å². The van der Waals surface area contributed by atoms with Crippen LogP contribution in [0.5, 0.6) is 0 Å². The molecule has 0 amide bonds. The summed E-state index contributed by atoms with van der Waals surface area (Å²) < 4.78 is 0. The number of likely N-dealkylation sites (N-methyl/N-ethyl adjacent to an activating group) is 2. The summed E-state index contributed by atoms with van der Waals surface area (Å²) >= 11 is 7.99. The van der Waals surface area contributed by atoms with E-state index in [-0.39, 0.29) is 0 Å². The van der Waals surface area contributed by atoms with Crippen LogP contribution in [0.2, 0.25) is 5.02 Å². The number of benzene rings is 2. The Labute approximate surface area is 136 Å². The van der Waals surface area contributed by atoms with Gasteiger partial charge in [0, 0.05) is 29.4 Å². The third-order valence-corrected chi connectivity index (χ3v) is 4.85. The van der Waals surface area contributed by atoms with Crippen LogP contribution in [0.15, 0.2) is 58.3 Å². The van der Waals surface area contributed by atoms with Gasteiger partial charge in [-0.2, -0.15) is 0 Å². The molecule has 0 aliphatic heterocycles. The van der Waals surface area contributed by atoms with Crippen LogP contribution in [-0.4, -0.2) is 32.1 Å². The van der Waals surface area contributed by atoms with Crippen molar-refractivity contribution in [1.29, 1.82) is 0 Å². The van der Waals surface area contributed by atoms with Crippen LogP contribution in [0.4, 0.5) is 0 Å². The first-order valence-electron chi connectivity index (χ1n) is 7.04. The smallest absolute Gasteiger partial charge is 0.0545 e. The highest BCUT2D eigenvalue weighted by Crippen LogP contribution is 2.35. The number of nitrogens with one attached hydrogen (secondary N) is 1. The second-order valence-corrected chi connectivity index (χ2v) is 6.47. The van der Waals surface area contributed by atoms with Crippen LogP contribution in [0.25, 0.3) is 0 Å². The van der Waals surface area contributed by atoms with Gasteiger partial charge in [-0.05, 0) is 37.9 Å². The fraction of sp³-hybridized carbons (Fsp3) is 0.294. The van der Waals surface area contributed by atoms with E-state index >= 15 is 0 Å². The van der Waals surface area contributed by atoms with Gasteiger partial charge in [0.05, 0.1) is 5.02 Å². The summed E-state index contributed by atoms with van der Waals surface area (Å²) in [5.41, 5.74) is 1.33. The van der Waals surface area contributed by atoms with E-state index in [9.17, 15) is 0 Å². The summed E-state index contributed by atoms with van der Waals surface area (Å²) in [5, 5.41) is 3.99. The molecule has 2 nitrogen and oxygen atoms in total. The number of hydrogen-bond acceptors (Lipinski definition) is 3. The van der Waals surface area contributed by atoms with Gasteiger partial charge in [-0.3, -0.25) is 0 Å². The fourth-order valence-electron chi connectivity index (χ4n) is 2.05. The van der Waals surface area contributed by atoms with Gasteiger partial charge in [0.1, 0.15) is 0 Å². The molecule has 4 heteroatoms. The van der Waals surface area contributed by atoms with E-state index < -0.39 is 0 Å². The molecule has 1 N–H and O–H groups in total. The normalized spacial score (nSPS) is 11.0. The molecule has 0 aliphatic rings. The van der Waals surface area contributed by atoms with E-state index in [1.807, 2.05) is 25.2 Å². The minimum atomic E-state index is 0.806. The average molecular weight is 321 g/mol. The highest BCUT2D eigenvalue weighted by atomic mass is 35.5. The lowest BCUT2D eigenvalue weighted by atomic mass is 10.2. The zero-order valence-electron chi connectivity index (χ0n) is 12.5. The number of hydrogen-bond donors (Lipinski definition) is 1. The molecule has 2 rings (SSSR count). The van der Waals surface area contributed by atoms with Gasteiger partial charge in [0.15, 0.2) is 0 Å². The fourth-order valence-corrected chi connectivity index (χ4v) is 3.26. The molecule has 0 saturated carbocycles. The van der Waals surface area contributed by atoms with Crippen LogP contribution in [-0.2, 0) is 6.54 Å². The van der Waals surface area contributed by atoms with Crippen molar-refractivity contribution in [1.82, 2.24) is 10.2 Å². The molecule has 2 aromatic carbocycles. The minimum Gasteiger partial charge on any atom is -0.318 e. The van der Waals surface area contributed by atoms with Crippen LogP contribution < -0.4 is 5.32 Å². The van der Waals surface area contributed by atoms with Gasteiger partial charge in [-0.25, -0.2) is 0 Å². The Morgan fingerprint density at radius 3 is 2.43 bits per heavy atom. The first-order valence-corrected chi connectivity index (χ1v) is 8.23.